The molecule has 2 atom stereocenters. The van der Waals surface area contributed by atoms with E-state index in [1.165, 1.54) is 113 Å². The van der Waals surface area contributed by atoms with Crippen molar-refractivity contribution < 1.29 is 80.4 Å². The summed E-state index contributed by atoms with van der Waals surface area (Å²) >= 11 is 6.46. The van der Waals surface area contributed by atoms with Gasteiger partial charge in [0.2, 0.25) is 20.0 Å². The van der Waals surface area contributed by atoms with Crippen LogP contribution in [-0.2, 0) is 64.9 Å². The number of benzene rings is 8. The molecule has 1 aliphatic heterocycles. The van der Waals surface area contributed by atoms with E-state index in [-0.39, 0.29) is 136 Å². The van der Waals surface area contributed by atoms with Crippen molar-refractivity contribution in [1.82, 2.24) is 20.6 Å². The third-order valence-electron chi connectivity index (χ3n) is 20.8. The van der Waals surface area contributed by atoms with E-state index in [9.17, 15) is 44.0 Å². The van der Waals surface area contributed by atoms with Gasteiger partial charge in [0.25, 0.3) is 11.8 Å². The van der Waals surface area contributed by atoms with E-state index in [2.05, 4.69) is 15.6 Å². The molecule has 3 aliphatic rings. The summed E-state index contributed by atoms with van der Waals surface area (Å²) in [6, 6.07) is 51.8. The number of furan rings is 2. The minimum absolute atomic E-state index is 0.107. The Labute approximate surface area is 673 Å². The van der Waals surface area contributed by atoms with E-state index in [4.69, 9.17) is 44.2 Å². The van der Waals surface area contributed by atoms with Crippen LogP contribution in [0.2, 0.25) is 5.15 Å². The number of nitrogens with zero attached hydrogens (tertiary/aromatic N) is 4. The number of sulfonamides is 2. The lowest BCUT2D eigenvalue weighted by atomic mass is 9.77. The van der Waals surface area contributed by atoms with Gasteiger partial charge in [0.15, 0.2) is 12.3 Å². The maximum Gasteiger partial charge on any atom is 0.490 e. The number of rotatable bonds is 22. The van der Waals surface area contributed by atoms with E-state index >= 15 is 8.78 Å². The fourth-order valence-corrected chi connectivity index (χ4v) is 15.0. The van der Waals surface area contributed by atoms with Gasteiger partial charge in [-0.25, -0.2) is 53.1 Å². The molecule has 1 fully saturated rings. The second-order valence-corrected chi connectivity index (χ2v) is 33.5. The summed E-state index contributed by atoms with van der Waals surface area (Å²) < 4.78 is 176. The molecule has 18 nitrogen and oxygen atoms in total. The van der Waals surface area contributed by atoms with Crippen LogP contribution in [0.4, 0.5) is 37.7 Å². The van der Waals surface area contributed by atoms with Gasteiger partial charge in [-0.1, -0.05) is 115 Å². The summed E-state index contributed by atoms with van der Waals surface area (Å²) in [5, 5.41) is 5.77. The average Bonchev–Trinajstić information content (AvgIpc) is 1.53. The molecule has 2 unspecified atom stereocenters. The normalized spacial score (nSPS) is 14.5. The summed E-state index contributed by atoms with van der Waals surface area (Å²) in [6.45, 7) is 7.99. The molecular formula is C88H80BClF6N6O12S2. The van der Waals surface area contributed by atoms with E-state index in [0.29, 0.717) is 56.1 Å². The second-order valence-electron chi connectivity index (χ2n) is 29.1. The van der Waals surface area contributed by atoms with Crippen LogP contribution in [0.3, 0.4) is 0 Å². The smallest absolute Gasteiger partial charge is 0.455 e. The number of pyridine rings is 2. The van der Waals surface area contributed by atoms with Gasteiger partial charge in [-0.2, -0.15) is 0 Å². The number of ether oxygens (including phenoxy) is 2. The van der Waals surface area contributed by atoms with Crippen LogP contribution in [0.5, 0.6) is 0 Å². The zero-order chi connectivity index (χ0) is 82.9. The summed E-state index contributed by atoms with van der Waals surface area (Å²) in [5.41, 5.74) is 9.01. The number of nitrogens with one attached hydrogen (secondary N) is 2. The number of carbonyl (C=O) groups excluding carboxylic acids is 2. The van der Waals surface area contributed by atoms with Gasteiger partial charge < -0.3 is 38.3 Å². The van der Waals surface area contributed by atoms with E-state index in [1.54, 1.807) is 48.5 Å². The zero-order valence-electron chi connectivity index (χ0n) is 64.8. The van der Waals surface area contributed by atoms with Gasteiger partial charge in [-0.05, 0) is 158 Å². The number of hydrogen-bond donors (Lipinski definition) is 2. The molecule has 0 radical (unpaired) electrons. The predicted octanol–water partition coefficient (Wildman–Crippen LogP) is 18.9. The molecule has 28 heteroatoms. The van der Waals surface area contributed by atoms with Gasteiger partial charge in [0.1, 0.15) is 51.1 Å². The lowest BCUT2D eigenvalue weighted by molar-refractivity contribution is 0.00578. The topological polar surface area (TPSA) is 222 Å². The monoisotopic (exact) mass is 1640 g/mol. The van der Waals surface area contributed by atoms with Crippen LogP contribution in [0.1, 0.15) is 111 Å². The Kier molecular flexibility index (Phi) is 24.2. The highest BCUT2D eigenvalue weighted by molar-refractivity contribution is 7.92. The Morgan fingerprint density at radius 1 is 0.543 bits per heavy atom. The van der Waals surface area contributed by atoms with Crippen molar-refractivity contribution in [3.63, 3.8) is 0 Å². The Morgan fingerprint density at radius 3 is 1.39 bits per heavy atom. The quantitative estimate of drug-likeness (QED) is 0.0366. The van der Waals surface area contributed by atoms with E-state index in [0.717, 1.165) is 48.8 Å². The molecule has 2 amide bonds. The first-order chi connectivity index (χ1) is 55.2. The van der Waals surface area contributed by atoms with Crippen molar-refractivity contribution in [2.45, 2.75) is 77.3 Å². The number of aromatic nitrogens is 2. The van der Waals surface area contributed by atoms with Crippen LogP contribution in [0.15, 0.2) is 208 Å². The number of allylic oxidation sites excluding steroid dienone is 2. The minimum atomic E-state index is -3.84. The molecule has 2 aliphatic carbocycles. The summed E-state index contributed by atoms with van der Waals surface area (Å²) in [5.74, 6) is -2.18. The Bertz CT molecular complexity index is 6040. The number of halogens is 7. The van der Waals surface area contributed by atoms with Crippen molar-refractivity contribution in [3.8, 4) is 45.2 Å². The largest absolute Gasteiger partial charge is 0.490 e. The molecule has 2 N–H and O–H groups in total. The molecule has 8 aromatic carbocycles. The van der Waals surface area contributed by atoms with Gasteiger partial charge >= 0.3 is 7.12 Å². The predicted molar refractivity (Wildman–Crippen MR) is 440 cm³/mol. The maximum atomic E-state index is 16.2. The molecular weight excluding hydrogens is 1560 g/mol. The highest BCUT2D eigenvalue weighted by Crippen LogP contribution is 2.47. The molecule has 0 saturated carbocycles. The Balaban J connectivity index is 0.000000166. The van der Waals surface area contributed by atoms with Crippen molar-refractivity contribution in [1.29, 1.82) is 0 Å². The van der Waals surface area contributed by atoms with E-state index in [1.807, 2.05) is 101 Å². The molecule has 0 spiro atoms. The molecule has 116 heavy (non-hydrogen) atoms. The van der Waals surface area contributed by atoms with Gasteiger partial charge in [0, 0.05) is 102 Å². The number of amides is 2. The van der Waals surface area contributed by atoms with Gasteiger partial charge in [0.05, 0.1) is 89.7 Å². The number of fused-ring (bicyclic) bond motifs is 4. The Hall–Kier alpha value is -11.2. The molecule has 1 saturated heterocycles. The summed E-state index contributed by atoms with van der Waals surface area (Å²) in [4.78, 5) is 35.8. The first kappa shape index (κ1) is 82.8. The third-order valence-corrected chi connectivity index (χ3v) is 23.4. The molecule has 4 aromatic heterocycles. The molecule has 0 bridgehead atoms. The third kappa shape index (κ3) is 17.6. The SMILES string of the molecule is CC1(C)OB(C2=Cc3c(F)cccc3C2)OC1(C)C.CNC(=O)c1c(-c2ccc(F)cc2)oc2cc(N(C)S(C)(=O)=O)c(-c3ccc(C(F)COCc4ccccc4)c(C4=Cc5c(F)cccc5C4)n3)cc12.CNC(=O)c1c(-c2ccc(F)cc2)oc2cc(N(C)S(C)(=O)=O)c(-c3ccc(C(F)COCc4ccccc4)c(Cl)n3)cc12. The fourth-order valence-electron chi connectivity index (χ4n) is 13.7. The van der Waals surface area contributed by atoms with Crippen molar-refractivity contribution in [3.05, 3.63) is 289 Å². The van der Waals surface area contributed by atoms with Crippen LogP contribution >= 0.6 is 11.6 Å². The lowest BCUT2D eigenvalue weighted by Gasteiger charge is -2.32. The van der Waals surface area contributed by atoms with Gasteiger partial charge in [-0.3, -0.25) is 18.2 Å². The molecule has 5 heterocycles. The van der Waals surface area contributed by atoms with Crippen LogP contribution in [-0.4, -0.2) is 111 Å². The first-order valence-electron chi connectivity index (χ1n) is 36.8. The highest BCUT2D eigenvalue weighted by atomic mass is 35.5. The molecule has 12 aromatic rings. The number of carbonyl (C=O) groups is 2. The Morgan fingerprint density at radius 2 is 0.966 bits per heavy atom. The number of alkyl halides is 2. The second kappa shape index (κ2) is 34.0. The fraction of sp³-hybridized carbons (Fsp3) is 0.227. The zero-order valence-corrected chi connectivity index (χ0v) is 67.1. The average molecular weight is 1640 g/mol. The standard InChI is InChI=1S/C41H34F3N3O5S.C32H28ClF2N3O5S.C15H18BFO2/c1-45-41(48)38-32-20-31(36(47(2)53(3,49)50)21-37(32)52-40(38)25-12-14-28(42)15-13-25)35-17-16-29(34(44)23-51-22-24-8-5-4-6-9-24)39(46-35)27-18-26-10-7-11-33(43)30(26)19-27;1-36-32(39)29-24-15-23(26-14-13-22(31(33)37-26)25(35)18-42-17-19-7-5-4-6-8-19)27(38(2)44(3,40)41)16-28(24)43-30(29)20-9-11-21(34)12-10-20;1-14(2)15(3,4)19-16(18-14)11-8-10-6-5-7-13(17)12(10)9-11/h4-17,19-21,34H,18,22-23H2,1-3H3,(H,45,48);4-16,25H,17-18H2,1-3H3,(H,36,39);5-7,9H,8H2,1-4H3. The van der Waals surface area contributed by atoms with Gasteiger partial charge in [-0.15, -0.1) is 0 Å². The maximum absolute atomic E-state index is 16.2. The number of anilines is 2. The minimum Gasteiger partial charge on any atom is -0.455 e. The van der Waals surface area contributed by atoms with Crippen molar-refractivity contribution >= 4 is 102 Å². The summed E-state index contributed by atoms with van der Waals surface area (Å²) in [6.07, 6.45) is 3.40. The highest BCUT2D eigenvalue weighted by Gasteiger charge is 2.53. The lowest BCUT2D eigenvalue weighted by Crippen LogP contribution is -2.41. The van der Waals surface area contributed by atoms with Crippen molar-refractivity contribution in [2.24, 2.45) is 0 Å². The molecule has 15 rings (SSSR count). The number of hydrogen-bond acceptors (Lipinski definition) is 14. The van der Waals surface area contributed by atoms with Crippen LogP contribution < -0.4 is 19.2 Å². The van der Waals surface area contributed by atoms with Crippen LogP contribution in [0, 0.1) is 23.3 Å². The van der Waals surface area contributed by atoms with Crippen LogP contribution in [0.25, 0.3) is 84.8 Å². The van der Waals surface area contributed by atoms with E-state index < -0.39 is 61.7 Å². The van der Waals surface area contributed by atoms with Crippen molar-refractivity contribution in [2.75, 3.05) is 62.5 Å². The summed E-state index contributed by atoms with van der Waals surface area (Å²) in [7, 11) is -2.34. The first-order valence-corrected chi connectivity index (χ1v) is 40.8. The molecule has 598 valence electrons.